The SMILES string of the molecule is CCN(CC)S(=O)(=O)NCC1(O)CCC1. The molecule has 90 valence electrons. The molecule has 1 aliphatic rings. The van der Waals surface area contributed by atoms with E-state index in [4.69, 9.17) is 0 Å². The highest BCUT2D eigenvalue weighted by Crippen LogP contribution is 2.30. The molecule has 0 aromatic carbocycles. The zero-order valence-electron chi connectivity index (χ0n) is 9.36. The van der Waals surface area contributed by atoms with Gasteiger partial charge in [-0.15, -0.1) is 0 Å². The topological polar surface area (TPSA) is 69.6 Å². The van der Waals surface area contributed by atoms with Crippen LogP contribution in [-0.2, 0) is 10.2 Å². The first kappa shape index (κ1) is 12.9. The lowest BCUT2D eigenvalue weighted by atomic mass is 9.81. The maximum atomic E-state index is 11.7. The first-order valence-electron chi connectivity index (χ1n) is 5.40. The van der Waals surface area contributed by atoms with Crippen molar-refractivity contribution >= 4 is 10.2 Å². The molecule has 5 nitrogen and oxygen atoms in total. The summed E-state index contributed by atoms with van der Waals surface area (Å²) in [5, 5.41) is 9.76. The van der Waals surface area contributed by atoms with E-state index in [9.17, 15) is 13.5 Å². The van der Waals surface area contributed by atoms with E-state index in [1.165, 1.54) is 4.31 Å². The molecular formula is C9H20N2O3S. The van der Waals surface area contributed by atoms with Gasteiger partial charge < -0.3 is 5.11 Å². The van der Waals surface area contributed by atoms with Crippen molar-refractivity contribution in [3.05, 3.63) is 0 Å². The number of hydrogen-bond acceptors (Lipinski definition) is 3. The fourth-order valence-corrected chi connectivity index (χ4v) is 2.96. The van der Waals surface area contributed by atoms with E-state index in [1.54, 1.807) is 13.8 Å². The quantitative estimate of drug-likeness (QED) is 0.686. The highest BCUT2D eigenvalue weighted by molar-refractivity contribution is 7.87. The van der Waals surface area contributed by atoms with Crippen LogP contribution in [0.5, 0.6) is 0 Å². The average Bonchev–Trinajstić information content (AvgIpc) is 2.13. The molecule has 2 N–H and O–H groups in total. The van der Waals surface area contributed by atoms with Crippen molar-refractivity contribution in [3.8, 4) is 0 Å². The van der Waals surface area contributed by atoms with Crippen molar-refractivity contribution in [3.63, 3.8) is 0 Å². The maximum absolute atomic E-state index is 11.7. The normalized spacial score (nSPS) is 20.3. The van der Waals surface area contributed by atoms with Crippen LogP contribution in [0.2, 0.25) is 0 Å². The van der Waals surface area contributed by atoms with Crippen molar-refractivity contribution in [1.82, 2.24) is 9.03 Å². The van der Waals surface area contributed by atoms with E-state index in [-0.39, 0.29) is 6.54 Å². The highest BCUT2D eigenvalue weighted by Gasteiger charge is 2.35. The number of hydrogen-bond donors (Lipinski definition) is 2. The van der Waals surface area contributed by atoms with E-state index < -0.39 is 15.8 Å². The molecule has 0 spiro atoms. The van der Waals surface area contributed by atoms with Crippen LogP contribution >= 0.6 is 0 Å². The second-order valence-corrected chi connectivity index (χ2v) is 5.74. The molecule has 1 rings (SSSR count). The minimum absolute atomic E-state index is 0.131. The molecule has 1 saturated carbocycles. The summed E-state index contributed by atoms with van der Waals surface area (Å²) in [4.78, 5) is 0. The van der Waals surface area contributed by atoms with Gasteiger partial charge in [0.25, 0.3) is 10.2 Å². The second-order valence-electron chi connectivity index (χ2n) is 3.99. The average molecular weight is 236 g/mol. The van der Waals surface area contributed by atoms with Crippen molar-refractivity contribution in [2.45, 2.75) is 38.7 Å². The lowest BCUT2D eigenvalue weighted by molar-refractivity contribution is -0.0273. The molecule has 0 amide bonds. The summed E-state index contributed by atoms with van der Waals surface area (Å²) in [5.41, 5.74) is -0.805. The molecule has 0 atom stereocenters. The number of nitrogens with zero attached hydrogens (tertiary/aromatic N) is 1. The molecule has 0 bridgehead atoms. The van der Waals surface area contributed by atoms with E-state index >= 15 is 0 Å². The summed E-state index contributed by atoms with van der Waals surface area (Å²) in [6.45, 7) is 4.61. The van der Waals surface area contributed by atoms with Gasteiger partial charge in [-0.3, -0.25) is 0 Å². The second kappa shape index (κ2) is 4.78. The molecule has 0 heterocycles. The van der Waals surface area contributed by atoms with E-state index in [2.05, 4.69) is 4.72 Å². The molecule has 6 heteroatoms. The predicted octanol–water partition coefficient (Wildman–Crippen LogP) is 0.0776. The first-order valence-corrected chi connectivity index (χ1v) is 6.84. The summed E-state index contributed by atoms with van der Waals surface area (Å²) < 4.78 is 27.2. The molecule has 15 heavy (non-hydrogen) atoms. The minimum Gasteiger partial charge on any atom is -0.389 e. The highest BCUT2D eigenvalue weighted by atomic mass is 32.2. The Kier molecular flexibility index (Phi) is 4.11. The molecule has 0 unspecified atom stereocenters. The number of rotatable bonds is 6. The smallest absolute Gasteiger partial charge is 0.279 e. The molecule has 0 saturated heterocycles. The van der Waals surface area contributed by atoms with Crippen molar-refractivity contribution in [1.29, 1.82) is 0 Å². The Balaban J connectivity index is 2.48. The van der Waals surface area contributed by atoms with Gasteiger partial charge in [0.2, 0.25) is 0 Å². The third kappa shape index (κ3) is 3.14. The Morgan fingerprint density at radius 3 is 2.20 bits per heavy atom. The lowest BCUT2D eigenvalue weighted by Gasteiger charge is -2.37. The molecule has 1 fully saturated rings. The van der Waals surface area contributed by atoms with Crippen molar-refractivity contribution in [2.24, 2.45) is 0 Å². The standard InChI is InChI=1S/C9H20N2O3S/c1-3-11(4-2)15(13,14)10-8-9(12)6-5-7-9/h10,12H,3-8H2,1-2H3. The summed E-state index contributed by atoms with van der Waals surface area (Å²) in [6.07, 6.45) is 2.35. The minimum atomic E-state index is -3.41. The van der Waals surface area contributed by atoms with Gasteiger partial charge in [-0.2, -0.15) is 17.4 Å². The molecule has 0 radical (unpaired) electrons. The fraction of sp³-hybridized carbons (Fsp3) is 1.00. The lowest BCUT2D eigenvalue weighted by Crippen LogP contribution is -2.51. The van der Waals surface area contributed by atoms with Crippen LogP contribution in [0.1, 0.15) is 33.1 Å². The van der Waals surface area contributed by atoms with Gasteiger partial charge >= 0.3 is 0 Å². The Hall–Kier alpha value is -0.170. The Morgan fingerprint density at radius 2 is 1.87 bits per heavy atom. The molecule has 1 aliphatic carbocycles. The maximum Gasteiger partial charge on any atom is 0.279 e. The molecule has 0 aliphatic heterocycles. The van der Waals surface area contributed by atoms with Gasteiger partial charge in [-0.1, -0.05) is 13.8 Å². The van der Waals surface area contributed by atoms with Crippen molar-refractivity contribution < 1.29 is 13.5 Å². The summed E-state index contributed by atoms with van der Waals surface area (Å²) in [7, 11) is -3.41. The summed E-state index contributed by atoms with van der Waals surface area (Å²) in [6, 6.07) is 0. The van der Waals surface area contributed by atoms with Gasteiger partial charge in [-0.05, 0) is 19.3 Å². The number of aliphatic hydroxyl groups is 1. The Morgan fingerprint density at radius 1 is 1.33 bits per heavy atom. The predicted molar refractivity (Wildman–Crippen MR) is 58.6 cm³/mol. The number of nitrogens with one attached hydrogen (secondary N) is 1. The zero-order valence-corrected chi connectivity index (χ0v) is 10.2. The zero-order chi connectivity index (χ0) is 11.5. The van der Waals surface area contributed by atoms with Crippen LogP contribution < -0.4 is 4.72 Å². The van der Waals surface area contributed by atoms with Gasteiger partial charge in [0.05, 0.1) is 5.60 Å². The third-order valence-corrected chi connectivity index (χ3v) is 4.62. The molecular weight excluding hydrogens is 216 g/mol. The third-order valence-electron chi connectivity index (χ3n) is 2.91. The monoisotopic (exact) mass is 236 g/mol. The van der Waals surface area contributed by atoms with Crippen LogP contribution in [0.4, 0.5) is 0 Å². The van der Waals surface area contributed by atoms with Gasteiger partial charge in [-0.25, -0.2) is 0 Å². The van der Waals surface area contributed by atoms with Gasteiger partial charge in [0.15, 0.2) is 0 Å². The van der Waals surface area contributed by atoms with Gasteiger partial charge in [0.1, 0.15) is 0 Å². The molecule has 0 aromatic rings. The van der Waals surface area contributed by atoms with E-state index in [0.717, 1.165) is 6.42 Å². The van der Waals surface area contributed by atoms with Crippen LogP contribution in [0, 0.1) is 0 Å². The van der Waals surface area contributed by atoms with Crippen molar-refractivity contribution in [2.75, 3.05) is 19.6 Å². The Labute approximate surface area is 91.7 Å². The molecule has 0 aromatic heterocycles. The Bertz CT molecular complexity index is 294. The van der Waals surface area contributed by atoms with Crippen LogP contribution in [0.15, 0.2) is 0 Å². The fourth-order valence-electron chi connectivity index (χ4n) is 1.64. The van der Waals surface area contributed by atoms with E-state index in [0.29, 0.717) is 25.9 Å². The van der Waals surface area contributed by atoms with Crippen LogP contribution in [-0.4, -0.2) is 43.1 Å². The first-order chi connectivity index (χ1) is 6.93. The summed E-state index contributed by atoms with van der Waals surface area (Å²) >= 11 is 0. The van der Waals surface area contributed by atoms with E-state index in [1.807, 2.05) is 0 Å². The van der Waals surface area contributed by atoms with Crippen LogP contribution in [0.25, 0.3) is 0 Å². The van der Waals surface area contributed by atoms with Gasteiger partial charge in [0, 0.05) is 19.6 Å². The largest absolute Gasteiger partial charge is 0.389 e. The summed E-state index contributed by atoms with van der Waals surface area (Å²) in [5.74, 6) is 0. The van der Waals surface area contributed by atoms with Crippen LogP contribution in [0.3, 0.4) is 0 Å².